The van der Waals surface area contributed by atoms with Crippen molar-refractivity contribution in [1.29, 1.82) is 0 Å². The Morgan fingerprint density at radius 2 is 2.21 bits per heavy atom. The van der Waals surface area contributed by atoms with Crippen LogP contribution in [0.1, 0.15) is 51.2 Å². The maximum absolute atomic E-state index is 12.4. The van der Waals surface area contributed by atoms with E-state index in [0.717, 1.165) is 37.1 Å². The zero-order chi connectivity index (χ0) is 16.8. The van der Waals surface area contributed by atoms with Crippen molar-refractivity contribution in [1.82, 2.24) is 10.6 Å². The van der Waals surface area contributed by atoms with Crippen LogP contribution in [0.4, 0.5) is 0 Å². The summed E-state index contributed by atoms with van der Waals surface area (Å²) in [5, 5.41) is 6.48. The van der Waals surface area contributed by atoms with E-state index in [2.05, 4.69) is 56.5 Å². The van der Waals surface area contributed by atoms with Crippen molar-refractivity contribution in [2.45, 2.75) is 65.6 Å². The van der Waals surface area contributed by atoms with Crippen LogP contribution in [0.3, 0.4) is 0 Å². The molecule has 24 heavy (non-hydrogen) atoms. The highest BCUT2D eigenvalue weighted by molar-refractivity contribution is 5.85. The fourth-order valence-electron chi connectivity index (χ4n) is 2.91. The van der Waals surface area contributed by atoms with Crippen LogP contribution in [0.5, 0.6) is 5.75 Å². The minimum absolute atomic E-state index is 0. The summed E-state index contributed by atoms with van der Waals surface area (Å²) >= 11 is 0. The van der Waals surface area contributed by atoms with Gasteiger partial charge in [-0.15, -0.1) is 12.4 Å². The lowest BCUT2D eigenvalue weighted by Gasteiger charge is -2.27. The van der Waals surface area contributed by atoms with E-state index in [1.807, 2.05) is 0 Å². The fourth-order valence-corrected chi connectivity index (χ4v) is 2.91. The van der Waals surface area contributed by atoms with Crippen LogP contribution in [0, 0.1) is 12.8 Å². The van der Waals surface area contributed by atoms with Gasteiger partial charge in [-0.25, -0.2) is 0 Å². The van der Waals surface area contributed by atoms with Gasteiger partial charge < -0.3 is 15.4 Å². The Labute approximate surface area is 152 Å². The highest BCUT2D eigenvalue weighted by Crippen LogP contribution is 2.23. The summed E-state index contributed by atoms with van der Waals surface area (Å²) in [5.41, 5.74) is 2.22. The number of rotatable bonds is 6. The molecule has 1 aromatic rings. The smallest absolute Gasteiger partial charge is 0.223 e. The van der Waals surface area contributed by atoms with Crippen LogP contribution in [0.2, 0.25) is 0 Å². The number of nitrogens with one attached hydrogen (secondary N) is 2. The molecule has 2 N–H and O–H groups in total. The topological polar surface area (TPSA) is 50.4 Å². The number of halogens is 1. The maximum Gasteiger partial charge on any atom is 0.223 e. The van der Waals surface area contributed by atoms with Crippen LogP contribution in [-0.4, -0.2) is 24.6 Å². The number of ether oxygens (including phenoxy) is 1. The number of hydrogen-bond acceptors (Lipinski definition) is 3. The normalized spacial score (nSPS) is 21.5. The lowest BCUT2D eigenvalue weighted by atomic mass is 9.92. The van der Waals surface area contributed by atoms with E-state index < -0.39 is 0 Å². The van der Waals surface area contributed by atoms with E-state index in [4.69, 9.17) is 4.74 Å². The van der Waals surface area contributed by atoms with Crippen LogP contribution in [-0.2, 0) is 11.3 Å². The van der Waals surface area contributed by atoms with Gasteiger partial charge in [0.25, 0.3) is 0 Å². The second-order valence-corrected chi connectivity index (χ2v) is 6.74. The largest absolute Gasteiger partial charge is 0.490 e. The summed E-state index contributed by atoms with van der Waals surface area (Å²) in [7, 11) is 0. The molecule has 2 rings (SSSR count). The maximum atomic E-state index is 12.4. The van der Waals surface area contributed by atoms with Gasteiger partial charge >= 0.3 is 0 Å². The number of carbonyl (C=O) groups is 1. The summed E-state index contributed by atoms with van der Waals surface area (Å²) in [6.45, 7) is 9.83. The van der Waals surface area contributed by atoms with Gasteiger partial charge in [0, 0.05) is 24.1 Å². The lowest BCUT2D eigenvalue weighted by Crippen LogP contribution is -2.42. The van der Waals surface area contributed by atoms with Crippen molar-refractivity contribution < 1.29 is 9.53 Å². The minimum Gasteiger partial charge on any atom is -0.490 e. The van der Waals surface area contributed by atoms with Crippen molar-refractivity contribution >= 4 is 18.3 Å². The van der Waals surface area contributed by atoms with Gasteiger partial charge in [0.2, 0.25) is 5.91 Å². The number of aryl methyl sites for hydroxylation is 1. The molecule has 1 amide bonds. The monoisotopic (exact) mass is 354 g/mol. The van der Waals surface area contributed by atoms with E-state index >= 15 is 0 Å². The first-order chi connectivity index (χ1) is 11.0. The molecule has 5 heteroatoms. The van der Waals surface area contributed by atoms with Gasteiger partial charge in [-0.1, -0.05) is 19.1 Å². The molecule has 1 aliphatic rings. The number of carbonyl (C=O) groups excluding carboxylic acids is 1. The average molecular weight is 355 g/mol. The van der Waals surface area contributed by atoms with Crippen molar-refractivity contribution in [2.75, 3.05) is 6.54 Å². The second kappa shape index (κ2) is 9.90. The Morgan fingerprint density at radius 3 is 2.88 bits per heavy atom. The van der Waals surface area contributed by atoms with Crippen molar-refractivity contribution in [3.63, 3.8) is 0 Å². The highest BCUT2D eigenvalue weighted by atomic mass is 35.5. The van der Waals surface area contributed by atoms with E-state index in [-0.39, 0.29) is 30.3 Å². The molecule has 1 aromatic carbocycles. The van der Waals surface area contributed by atoms with Crippen molar-refractivity contribution in [2.24, 2.45) is 5.92 Å². The molecule has 0 aliphatic carbocycles. The molecule has 0 radical (unpaired) electrons. The summed E-state index contributed by atoms with van der Waals surface area (Å²) in [6, 6.07) is 6.60. The van der Waals surface area contributed by atoms with E-state index in [9.17, 15) is 4.79 Å². The SMILES string of the molecule is CCC(C)Oc1cc(C)ccc1CNC(=O)[C@H]1CCN[C@@H](C)C1.Cl. The van der Waals surface area contributed by atoms with Crippen LogP contribution < -0.4 is 15.4 Å². The van der Waals surface area contributed by atoms with Gasteiger partial charge in [-0.05, 0) is 58.2 Å². The standard InChI is InChI=1S/C19H30N2O2.ClH/c1-5-15(4)23-18-10-13(2)6-7-17(18)12-21-19(22)16-8-9-20-14(3)11-16;/h6-7,10,14-16,20H,5,8-9,11-12H2,1-4H3,(H,21,22);1H/t14-,15?,16-;/m0./s1. The molecule has 0 aromatic heterocycles. The van der Waals surface area contributed by atoms with Crippen molar-refractivity contribution in [3.8, 4) is 5.75 Å². The van der Waals surface area contributed by atoms with Crippen molar-refractivity contribution in [3.05, 3.63) is 29.3 Å². The first kappa shape index (κ1) is 20.8. The Bertz CT molecular complexity index is 536. The Hall–Kier alpha value is -1.26. The average Bonchev–Trinajstić information content (AvgIpc) is 2.53. The second-order valence-electron chi connectivity index (χ2n) is 6.74. The van der Waals surface area contributed by atoms with Gasteiger partial charge in [-0.3, -0.25) is 4.79 Å². The van der Waals surface area contributed by atoms with Crippen LogP contribution >= 0.6 is 12.4 Å². The molecule has 1 saturated heterocycles. The predicted octanol–water partition coefficient (Wildman–Crippen LogP) is 3.60. The summed E-state index contributed by atoms with van der Waals surface area (Å²) in [4.78, 5) is 12.4. The first-order valence-electron chi connectivity index (χ1n) is 8.76. The molecular weight excluding hydrogens is 324 g/mol. The third kappa shape index (κ3) is 5.99. The molecule has 0 bridgehead atoms. The summed E-state index contributed by atoms with van der Waals surface area (Å²) in [5.74, 6) is 1.17. The predicted molar refractivity (Wildman–Crippen MR) is 101 cm³/mol. The zero-order valence-electron chi connectivity index (χ0n) is 15.2. The Kier molecular flexibility index (Phi) is 8.57. The first-order valence-corrected chi connectivity index (χ1v) is 8.76. The lowest BCUT2D eigenvalue weighted by molar-refractivity contribution is -0.126. The third-order valence-electron chi connectivity index (χ3n) is 4.57. The molecule has 4 nitrogen and oxygen atoms in total. The number of piperidine rings is 1. The Morgan fingerprint density at radius 1 is 1.46 bits per heavy atom. The number of hydrogen-bond donors (Lipinski definition) is 2. The molecule has 1 unspecified atom stereocenters. The zero-order valence-corrected chi connectivity index (χ0v) is 16.0. The molecule has 0 spiro atoms. The molecule has 0 saturated carbocycles. The molecule has 1 fully saturated rings. The van der Waals surface area contributed by atoms with E-state index in [1.165, 1.54) is 5.56 Å². The molecule has 3 atom stereocenters. The van der Waals surface area contributed by atoms with Crippen LogP contribution in [0.15, 0.2) is 18.2 Å². The van der Waals surface area contributed by atoms with Gasteiger partial charge in [0.1, 0.15) is 5.75 Å². The number of amides is 1. The summed E-state index contributed by atoms with van der Waals surface area (Å²) in [6.07, 6.45) is 2.97. The molecule has 1 aliphatic heterocycles. The van der Waals surface area contributed by atoms with E-state index in [1.54, 1.807) is 0 Å². The van der Waals surface area contributed by atoms with Gasteiger partial charge in [-0.2, -0.15) is 0 Å². The molecule has 1 heterocycles. The third-order valence-corrected chi connectivity index (χ3v) is 4.57. The molecular formula is C19H31ClN2O2. The quantitative estimate of drug-likeness (QED) is 0.820. The Balaban J connectivity index is 0.00000288. The number of benzene rings is 1. The fraction of sp³-hybridized carbons (Fsp3) is 0.632. The summed E-state index contributed by atoms with van der Waals surface area (Å²) < 4.78 is 6.01. The van der Waals surface area contributed by atoms with Crippen LogP contribution in [0.25, 0.3) is 0 Å². The molecule has 136 valence electrons. The highest BCUT2D eigenvalue weighted by Gasteiger charge is 2.24. The van der Waals surface area contributed by atoms with Gasteiger partial charge in [0.15, 0.2) is 0 Å². The van der Waals surface area contributed by atoms with E-state index in [0.29, 0.717) is 12.6 Å². The minimum atomic E-state index is 0. The van der Waals surface area contributed by atoms with Gasteiger partial charge in [0.05, 0.1) is 6.10 Å².